The standard InChI is InChI=1S/C14H25N3O2/c1-5-12-11(15-13(18)19-12)10-16-6-8-17(9-7-16)14(2,3)4/h5-10H2,1-4H3,(H,15,18). The summed E-state index contributed by atoms with van der Waals surface area (Å²) >= 11 is 0. The maximum absolute atomic E-state index is 11.2. The van der Waals surface area contributed by atoms with Crippen molar-refractivity contribution in [1.82, 2.24) is 14.8 Å². The van der Waals surface area contributed by atoms with E-state index in [0.717, 1.165) is 50.6 Å². The lowest BCUT2D eigenvalue weighted by Gasteiger charge is -2.42. The molecule has 1 aromatic heterocycles. The van der Waals surface area contributed by atoms with Crippen LogP contribution in [0.15, 0.2) is 9.21 Å². The molecule has 0 unspecified atom stereocenters. The van der Waals surface area contributed by atoms with E-state index in [2.05, 4.69) is 35.6 Å². The predicted octanol–water partition coefficient (Wildman–Crippen LogP) is 1.45. The Morgan fingerprint density at radius 2 is 1.84 bits per heavy atom. The molecule has 1 N–H and O–H groups in total. The Balaban J connectivity index is 1.94. The number of rotatable bonds is 3. The monoisotopic (exact) mass is 267 g/mol. The number of piperazine rings is 1. The highest BCUT2D eigenvalue weighted by Gasteiger charge is 2.26. The Hall–Kier alpha value is -1.07. The number of aryl methyl sites for hydroxylation is 1. The number of nitrogens with one attached hydrogen (secondary N) is 1. The molecular formula is C14H25N3O2. The third kappa shape index (κ3) is 3.48. The number of H-pyrrole nitrogens is 1. The molecule has 0 aliphatic carbocycles. The van der Waals surface area contributed by atoms with E-state index in [1.54, 1.807) is 0 Å². The molecule has 0 bridgehead atoms. The SMILES string of the molecule is CCc1oc(=O)[nH]c1CN1CCN(C(C)(C)C)CC1. The van der Waals surface area contributed by atoms with Crippen molar-refractivity contribution in [3.63, 3.8) is 0 Å². The van der Waals surface area contributed by atoms with Crippen LogP contribution in [-0.4, -0.2) is 46.5 Å². The summed E-state index contributed by atoms with van der Waals surface area (Å²) in [6, 6.07) is 0. The fourth-order valence-electron chi connectivity index (χ4n) is 2.61. The maximum atomic E-state index is 11.2. The van der Waals surface area contributed by atoms with E-state index >= 15 is 0 Å². The summed E-state index contributed by atoms with van der Waals surface area (Å²) in [5, 5.41) is 0. The minimum Gasteiger partial charge on any atom is -0.413 e. The van der Waals surface area contributed by atoms with Gasteiger partial charge in [-0.15, -0.1) is 0 Å². The molecule has 1 fully saturated rings. The second kappa shape index (κ2) is 5.51. The van der Waals surface area contributed by atoms with Crippen molar-refractivity contribution < 1.29 is 4.42 Å². The van der Waals surface area contributed by atoms with Crippen LogP contribution >= 0.6 is 0 Å². The van der Waals surface area contributed by atoms with Crippen molar-refractivity contribution in [1.29, 1.82) is 0 Å². The fourth-order valence-corrected chi connectivity index (χ4v) is 2.61. The third-order valence-electron chi connectivity index (χ3n) is 3.83. The largest absolute Gasteiger partial charge is 0.416 e. The summed E-state index contributed by atoms with van der Waals surface area (Å²) in [4.78, 5) is 18.9. The van der Waals surface area contributed by atoms with Crippen LogP contribution in [-0.2, 0) is 13.0 Å². The molecule has 2 heterocycles. The minimum atomic E-state index is -0.333. The molecule has 5 nitrogen and oxygen atoms in total. The summed E-state index contributed by atoms with van der Waals surface area (Å²) in [6.07, 6.45) is 0.760. The molecule has 0 radical (unpaired) electrons. The van der Waals surface area contributed by atoms with Crippen molar-refractivity contribution in [2.75, 3.05) is 26.2 Å². The number of nitrogens with zero attached hydrogens (tertiary/aromatic N) is 2. The van der Waals surface area contributed by atoms with Crippen LogP contribution in [0.2, 0.25) is 0 Å². The van der Waals surface area contributed by atoms with Crippen LogP contribution in [0.4, 0.5) is 0 Å². The van der Waals surface area contributed by atoms with Gasteiger partial charge in [0.05, 0.1) is 5.69 Å². The Kier molecular flexibility index (Phi) is 4.16. The van der Waals surface area contributed by atoms with Gasteiger partial charge in [0, 0.05) is 44.7 Å². The summed E-state index contributed by atoms with van der Waals surface area (Å²) < 4.78 is 5.13. The van der Waals surface area contributed by atoms with Gasteiger partial charge in [0.15, 0.2) is 0 Å². The van der Waals surface area contributed by atoms with Gasteiger partial charge in [0.2, 0.25) is 0 Å². The van der Waals surface area contributed by atoms with Crippen molar-refractivity contribution in [3.8, 4) is 0 Å². The topological polar surface area (TPSA) is 52.5 Å². The molecule has 1 saturated heterocycles. The Morgan fingerprint density at radius 1 is 1.21 bits per heavy atom. The summed E-state index contributed by atoms with van der Waals surface area (Å²) in [7, 11) is 0. The molecule has 0 saturated carbocycles. The van der Waals surface area contributed by atoms with Gasteiger partial charge in [0.1, 0.15) is 5.76 Å². The number of aromatic nitrogens is 1. The highest BCUT2D eigenvalue weighted by atomic mass is 16.4. The number of aromatic amines is 1. The second-order valence-electron chi connectivity index (χ2n) is 6.20. The van der Waals surface area contributed by atoms with Crippen LogP contribution in [0.3, 0.4) is 0 Å². The normalized spacial score (nSPS) is 18.9. The van der Waals surface area contributed by atoms with E-state index in [4.69, 9.17) is 4.42 Å². The molecule has 5 heteroatoms. The molecule has 2 rings (SSSR count). The van der Waals surface area contributed by atoms with Crippen molar-refractivity contribution in [3.05, 3.63) is 22.0 Å². The first-order valence-electron chi connectivity index (χ1n) is 7.08. The van der Waals surface area contributed by atoms with Gasteiger partial charge in [-0.05, 0) is 20.8 Å². The van der Waals surface area contributed by atoms with Gasteiger partial charge < -0.3 is 4.42 Å². The molecule has 0 aromatic carbocycles. The number of hydrogen-bond donors (Lipinski definition) is 1. The summed E-state index contributed by atoms with van der Waals surface area (Å²) in [5.41, 5.74) is 1.18. The first kappa shape index (κ1) is 14.3. The second-order valence-corrected chi connectivity index (χ2v) is 6.20. The van der Waals surface area contributed by atoms with E-state index in [1.807, 2.05) is 6.92 Å². The zero-order valence-electron chi connectivity index (χ0n) is 12.5. The Morgan fingerprint density at radius 3 is 2.37 bits per heavy atom. The van der Waals surface area contributed by atoms with Crippen molar-refractivity contribution in [2.45, 2.75) is 46.2 Å². The van der Waals surface area contributed by atoms with Gasteiger partial charge in [-0.1, -0.05) is 6.92 Å². The van der Waals surface area contributed by atoms with E-state index in [1.165, 1.54) is 0 Å². The van der Waals surface area contributed by atoms with Crippen molar-refractivity contribution in [2.24, 2.45) is 0 Å². The van der Waals surface area contributed by atoms with Gasteiger partial charge in [-0.3, -0.25) is 14.8 Å². The van der Waals surface area contributed by atoms with Gasteiger partial charge in [0.25, 0.3) is 0 Å². The number of oxazole rings is 1. The molecule has 1 aliphatic heterocycles. The lowest BCUT2D eigenvalue weighted by Crippen LogP contribution is -2.53. The Bertz CT molecular complexity index is 462. The average molecular weight is 267 g/mol. The molecule has 1 aliphatic rings. The maximum Gasteiger partial charge on any atom is 0.416 e. The van der Waals surface area contributed by atoms with Crippen molar-refractivity contribution >= 4 is 0 Å². The predicted molar refractivity (Wildman–Crippen MR) is 75.3 cm³/mol. The molecule has 108 valence electrons. The zero-order chi connectivity index (χ0) is 14.0. The van der Waals surface area contributed by atoms with Gasteiger partial charge in [-0.2, -0.15) is 0 Å². The molecule has 0 amide bonds. The van der Waals surface area contributed by atoms with E-state index in [-0.39, 0.29) is 11.3 Å². The van der Waals surface area contributed by atoms with Crippen LogP contribution in [0, 0.1) is 0 Å². The minimum absolute atomic E-state index is 0.241. The first-order chi connectivity index (χ1) is 8.90. The average Bonchev–Trinajstić information content (AvgIpc) is 2.69. The summed E-state index contributed by atoms with van der Waals surface area (Å²) in [5.74, 6) is 0.462. The van der Waals surface area contributed by atoms with E-state index in [0.29, 0.717) is 0 Å². The van der Waals surface area contributed by atoms with Crippen LogP contribution < -0.4 is 5.76 Å². The van der Waals surface area contributed by atoms with Gasteiger partial charge >= 0.3 is 5.76 Å². The molecule has 1 aromatic rings. The van der Waals surface area contributed by atoms with E-state index in [9.17, 15) is 4.79 Å². The smallest absolute Gasteiger partial charge is 0.413 e. The Labute approximate surface area is 114 Å². The highest BCUT2D eigenvalue weighted by molar-refractivity contribution is 5.07. The molecule has 19 heavy (non-hydrogen) atoms. The van der Waals surface area contributed by atoms with Gasteiger partial charge in [-0.25, -0.2) is 4.79 Å². The van der Waals surface area contributed by atoms with Crippen LogP contribution in [0.1, 0.15) is 39.1 Å². The van der Waals surface area contributed by atoms with Crippen LogP contribution in [0.5, 0.6) is 0 Å². The lowest BCUT2D eigenvalue weighted by atomic mass is 10.0. The molecule has 0 atom stereocenters. The zero-order valence-corrected chi connectivity index (χ0v) is 12.5. The quantitative estimate of drug-likeness (QED) is 0.900. The highest BCUT2D eigenvalue weighted by Crippen LogP contribution is 2.17. The lowest BCUT2D eigenvalue weighted by molar-refractivity contribution is 0.0584. The third-order valence-corrected chi connectivity index (χ3v) is 3.83. The first-order valence-corrected chi connectivity index (χ1v) is 7.08. The van der Waals surface area contributed by atoms with Crippen LogP contribution in [0.25, 0.3) is 0 Å². The fraction of sp³-hybridized carbons (Fsp3) is 0.786. The number of hydrogen-bond acceptors (Lipinski definition) is 4. The van der Waals surface area contributed by atoms with E-state index < -0.39 is 0 Å². The molecular weight excluding hydrogens is 242 g/mol. The molecule has 0 spiro atoms. The summed E-state index contributed by atoms with van der Waals surface area (Å²) in [6.45, 7) is 13.8.